The van der Waals surface area contributed by atoms with Gasteiger partial charge in [0.1, 0.15) is 77.8 Å². The molecule has 2 unspecified atom stereocenters. The second-order valence-electron chi connectivity index (χ2n) is 34.2. The molecular weight excluding hydrogens is 1570 g/mol. The molecule has 0 N–H and O–H groups in total. The van der Waals surface area contributed by atoms with Crippen molar-refractivity contribution in [1.29, 1.82) is 0 Å². The van der Waals surface area contributed by atoms with Crippen molar-refractivity contribution in [3.63, 3.8) is 0 Å². The topological polar surface area (TPSA) is 166 Å². The largest absolute Gasteiger partial charge is 0.456 e. The van der Waals surface area contributed by atoms with E-state index in [1.54, 1.807) is 18.6 Å². The Morgan fingerprint density at radius 1 is 0.258 bits per heavy atom. The number of nitrogens with zero attached hydrogens (tertiary/aromatic N) is 10. The van der Waals surface area contributed by atoms with Crippen molar-refractivity contribution in [2.24, 2.45) is 0 Å². The minimum absolute atomic E-state index is 0.106. The number of benzene rings is 14. The molecule has 0 saturated heterocycles. The van der Waals surface area contributed by atoms with Crippen molar-refractivity contribution >= 4 is 166 Å². The first-order chi connectivity index (χ1) is 63.2. The number of para-hydroxylation sites is 3. The molecule has 2 atom stereocenters. The Kier molecular flexibility index (Phi) is 15.6. The molecule has 0 aliphatic heterocycles. The molecule has 14 heteroatoms. The fourth-order valence-corrected chi connectivity index (χ4v) is 20.7. The highest BCUT2D eigenvalue weighted by atomic mass is 16.3. The first-order valence-corrected chi connectivity index (χ1v) is 43.4. The van der Waals surface area contributed by atoms with Gasteiger partial charge in [-0.05, 0) is 250 Å². The fourth-order valence-electron chi connectivity index (χ4n) is 20.7. The van der Waals surface area contributed by atoms with Gasteiger partial charge in [-0.1, -0.05) is 153 Å². The predicted octanol–water partition coefficient (Wildman–Crippen LogP) is 29.6. The Morgan fingerprint density at radius 3 is 1.20 bits per heavy atom. The quantitative estimate of drug-likeness (QED) is 0.113. The van der Waals surface area contributed by atoms with Crippen molar-refractivity contribution in [2.45, 2.75) is 38.5 Å². The van der Waals surface area contributed by atoms with Gasteiger partial charge < -0.3 is 26.8 Å². The van der Waals surface area contributed by atoms with E-state index in [9.17, 15) is 0 Å². The van der Waals surface area contributed by atoms with Crippen LogP contribution in [0.2, 0.25) is 0 Å². The van der Waals surface area contributed by atoms with E-state index >= 15 is 0 Å². The SMILES string of the molecule is CC1CC(c2ccc3oc4ccccc4c3c2)=Cc2c1n(-c1cccc(-c3cnc4c5nccnc5c5ncc(-c6ccc7oc8ccc(-c9cccc(-c%10ccc%11oc%12ccc(-c%13cccnc%13-c%13ccccn%13)cc%12c%11c%10)c9)cc8c7c6)nc5c4n3)c1)c1ccc(C3=Cc4c(n(-c5ccccc5)c5ccc(-c6ccc7oc8ccccc8c7c6)cc45)C(C)C3)cc21. The number of hydrogen-bond donors (Lipinski definition) is 0. The third-order valence-corrected chi connectivity index (χ3v) is 26.7. The van der Waals surface area contributed by atoms with Gasteiger partial charge in [-0.3, -0.25) is 19.9 Å². The lowest BCUT2D eigenvalue weighted by Crippen LogP contribution is -2.09. The highest BCUT2D eigenvalue weighted by Crippen LogP contribution is 2.51. The maximum absolute atomic E-state index is 6.61. The Balaban J connectivity index is 0.556. The average Bonchev–Trinajstić information content (AvgIpc) is 1.47. The molecule has 2 aliphatic rings. The van der Waals surface area contributed by atoms with Gasteiger partial charge in [0.25, 0.3) is 0 Å². The van der Waals surface area contributed by atoms with Crippen LogP contribution in [0.15, 0.2) is 358 Å². The number of allylic oxidation sites excluding steroid dienone is 2. The first-order valence-electron chi connectivity index (χ1n) is 43.4. The van der Waals surface area contributed by atoms with E-state index < -0.39 is 0 Å². The lowest BCUT2D eigenvalue weighted by atomic mass is 9.83. The third-order valence-electron chi connectivity index (χ3n) is 26.7. The lowest BCUT2D eigenvalue weighted by molar-refractivity contribution is 0.668. The van der Waals surface area contributed by atoms with Crippen LogP contribution in [0.4, 0.5) is 0 Å². The number of rotatable bonds is 11. The molecule has 128 heavy (non-hydrogen) atoms. The summed E-state index contributed by atoms with van der Waals surface area (Å²) in [4.78, 5) is 40.8. The minimum Gasteiger partial charge on any atom is -0.456 e. The molecule has 0 saturated carbocycles. The van der Waals surface area contributed by atoms with E-state index in [1.165, 1.54) is 61.1 Å². The summed E-state index contributed by atoms with van der Waals surface area (Å²) in [5.41, 5.74) is 38.1. The molecule has 27 rings (SSSR count). The maximum atomic E-state index is 6.61. The Bertz CT molecular complexity index is 9160. The van der Waals surface area contributed by atoms with Crippen molar-refractivity contribution in [1.82, 2.24) is 49.0 Å². The number of hydrogen-bond acceptors (Lipinski definition) is 12. The lowest BCUT2D eigenvalue weighted by Gasteiger charge is -2.24. The van der Waals surface area contributed by atoms with Crippen molar-refractivity contribution in [3.8, 4) is 89.8 Å². The summed E-state index contributed by atoms with van der Waals surface area (Å²) in [6.45, 7) is 4.79. The van der Waals surface area contributed by atoms with Crippen LogP contribution in [0.3, 0.4) is 0 Å². The summed E-state index contributed by atoms with van der Waals surface area (Å²) < 4.78 is 30.8. The number of pyridine rings is 2. The summed E-state index contributed by atoms with van der Waals surface area (Å²) in [7, 11) is 0. The van der Waals surface area contributed by atoms with Gasteiger partial charge in [0, 0.05) is 141 Å². The second-order valence-corrected chi connectivity index (χ2v) is 34.2. The monoisotopic (exact) mass is 1640 g/mol. The van der Waals surface area contributed by atoms with Crippen molar-refractivity contribution in [2.75, 3.05) is 0 Å². The molecule has 25 aromatic rings. The van der Waals surface area contributed by atoms with Crippen LogP contribution in [0.25, 0.3) is 256 Å². The molecule has 0 bridgehead atoms. The zero-order valence-corrected chi connectivity index (χ0v) is 69.2. The minimum atomic E-state index is 0.106. The van der Waals surface area contributed by atoms with Crippen molar-refractivity contribution in [3.05, 3.63) is 374 Å². The molecule has 0 spiro atoms. The standard InChI is InChI=1S/C114H70N10O4/c1-63-47-76(59-91-83-51-67(27-35-96(83)123(113(63)91)78-18-4-3-5-19-78)70-31-37-100-85(53-70)81-21-6-8-25-98(81)125-100)71-28-36-97-84(52-71)92-60-77(72-32-40-101-86(56-72)82-22-7-9-26-99(82)126-101)48-64(2)114(92)124(97)79-20-13-17-74(50-79)94-61-119-109-107-108(118-46-45-117-107)110-112(111(109)121-94)122-95(62-120-110)75-34-42-105-90(58-75)88-55-69(30-39-103(88)128-105)66-16-12-15-65(49-66)68-29-38-102-87(54-68)89-57-73(33-41-104(89)127-102)80-23-14-44-116-106(80)93-24-10-11-43-115-93/h3-46,49-64H,47-48H2,1-2H3. The summed E-state index contributed by atoms with van der Waals surface area (Å²) in [6, 6.07) is 108. The van der Waals surface area contributed by atoms with Gasteiger partial charge in [0.2, 0.25) is 0 Å². The van der Waals surface area contributed by atoms with E-state index in [-0.39, 0.29) is 11.8 Å². The van der Waals surface area contributed by atoms with Gasteiger partial charge in [0.15, 0.2) is 0 Å². The molecule has 600 valence electrons. The van der Waals surface area contributed by atoms with Crippen LogP contribution in [0.5, 0.6) is 0 Å². The molecular formula is C114H70N10O4. The summed E-state index contributed by atoms with van der Waals surface area (Å²) in [6.07, 6.45) is 17.3. The third kappa shape index (κ3) is 11.2. The van der Waals surface area contributed by atoms with Gasteiger partial charge in [-0.15, -0.1) is 0 Å². The molecule has 0 amide bonds. The van der Waals surface area contributed by atoms with E-state index in [2.05, 4.69) is 295 Å². The highest BCUT2D eigenvalue weighted by molar-refractivity contribution is 6.19. The molecule has 14 aromatic carbocycles. The molecule has 0 fully saturated rings. The maximum Gasteiger partial charge on any atom is 0.135 e. The molecule has 14 nitrogen and oxygen atoms in total. The second kappa shape index (κ2) is 27.8. The van der Waals surface area contributed by atoms with Gasteiger partial charge >= 0.3 is 0 Å². The molecule has 0 radical (unpaired) electrons. The molecule has 11 aromatic heterocycles. The fraction of sp³-hybridized carbons (Fsp3) is 0.0526. The van der Waals surface area contributed by atoms with Gasteiger partial charge in [-0.25, -0.2) is 19.9 Å². The van der Waals surface area contributed by atoms with Crippen LogP contribution in [-0.2, 0) is 0 Å². The van der Waals surface area contributed by atoms with E-state index in [0.29, 0.717) is 44.5 Å². The summed E-state index contributed by atoms with van der Waals surface area (Å²) in [5, 5.41) is 10.9. The zero-order valence-electron chi connectivity index (χ0n) is 69.2. The molecule has 2 aliphatic carbocycles. The summed E-state index contributed by atoms with van der Waals surface area (Å²) in [5.74, 6) is 0.287. The summed E-state index contributed by atoms with van der Waals surface area (Å²) >= 11 is 0. The Morgan fingerprint density at radius 2 is 0.648 bits per heavy atom. The van der Waals surface area contributed by atoms with Crippen LogP contribution < -0.4 is 0 Å². The number of furan rings is 4. The van der Waals surface area contributed by atoms with Crippen LogP contribution in [0, 0.1) is 0 Å². The first kappa shape index (κ1) is 71.7. The van der Waals surface area contributed by atoms with E-state index in [4.69, 9.17) is 52.6 Å². The molecule has 11 heterocycles. The number of fused-ring (bicyclic) bond motifs is 24. The van der Waals surface area contributed by atoms with E-state index in [1.807, 2.05) is 67.1 Å². The number of aromatic nitrogens is 10. The van der Waals surface area contributed by atoms with Crippen LogP contribution in [0.1, 0.15) is 72.2 Å². The van der Waals surface area contributed by atoms with Gasteiger partial charge in [-0.2, -0.15) is 0 Å². The van der Waals surface area contributed by atoms with Crippen LogP contribution >= 0.6 is 0 Å². The van der Waals surface area contributed by atoms with Crippen LogP contribution in [-0.4, -0.2) is 49.0 Å². The highest BCUT2D eigenvalue weighted by Gasteiger charge is 2.32. The average molecular weight is 1640 g/mol. The van der Waals surface area contributed by atoms with Gasteiger partial charge in [0.05, 0.1) is 46.2 Å². The predicted molar refractivity (Wildman–Crippen MR) is 517 cm³/mol. The zero-order chi connectivity index (χ0) is 84.1. The van der Waals surface area contributed by atoms with Crippen molar-refractivity contribution < 1.29 is 17.7 Å². The Hall–Kier alpha value is -16.8. The normalized spacial score (nSPS) is 14.2. The van der Waals surface area contributed by atoms with E-state index in [0.717, 1.165) is 185 Å². The Labute approximate surface area is 730 Å². The smallest absolute Gasteiger partial charge is 0.135 e.